The number of aryl methyl sites for hydroxylation is 3. The summed E-state index contributed by atoms with van der Waals surface area (Å²) in [5.41, 5.74) is 14.0. The Hall–Kier alpha value is -5.16. The van der Waals surface area contributed by atoms with Crippen LogP contribution in [0.3, 0.4) is 0 Å². The zero-order valence-electron chi connectivity index (χ0n) is 33.2. The summed E-state index contributed by atoms with van der Waals surface area (Å²) in [5, 5.41) is 8.15. The van der Waals surface area contributed by atoms with Gasteiger partial charge in [0.25, 0.3) is 0 Å². The number of nitrogens with zero attached hydrogens (tertiary/aromatic N) is 4. The van der Waals surface area contributed by atoms with E-state index in [1.165, 1.54) is 120 Å². The van der Waals surface area contributed by atoms with Crippen molar-refractivity contribution in [1.82, 2.24) is 19.3 Å². The summed E-state index contributed by atoms with van der Waals surface area (Å²) in [6, 6.07) is 33.0. The van der Waals surface area contributed by atoms with E-state index in [-0.39, 0.29) is 0 Å². The van der Waals surface area contributed by atoms with Gasteiger partial charge in [-0.15, -0.1) is 0 Å². The molecule has 280 valence electrons. The lowest BCUT2D eigenvalue weighted by Crippen LogP contribution is -2.13. The van der Waals surface area contributed by atoms with Gasteiger partial charge in [0.05, 0.1) is 28.1 Å². The Morgan fingerprint density at radius 3 is 2.07 bits per heavy atom. The molecular formula is C50H54N4O. The summed E-state index contributed by atoms with van der Waals surface area (Å²) in [4.78, 5) is 4.81. The first kappa shape index (κ1) is 35.5. The van der Waals surface area contributed by atoms with Crippen molar-refractivity contribution in [3.63, 3.8) is 0 Å². The molecule has 2 aliphatic carbocycles. The van der Waals surface area contributed by atoms with Crippen LogP contribution in [-0.2, 0) is 0 Å². The number of hydrogen-bond donors (Lipinski definition) is 0. The third-order valence-electron chi connectivity index (χ3n) is 12.5. The molecule has 5 heteroatoms. The lowest BCUT2D eigenvalue weighted by Gasteiger charge is -2.26. The smallest absolute Gasteiger partial charge is 0.137 e. The van der Waals surface area contributed by atoms with Crippen molar-refractivity contribution in [3.05, 3.63) is 131 Å². The predicted molar refractivity (Wildman–Crippen MR) is 228 cm³/mol. The molecule has 0 bridgehead atoms. The van der Waals surface area contributed by atoms with E-state index in [2.05, 4.69) is 129 Å². The number of para-hydroxylation sites is 1. The summed E-state index contributed by atoms with van der Waals surface area (Å²) in [6.07, 6.45) is 14.5. The van der Waals surface area contributed by atoms with Crippen LogP contribution in [0.15, 0.2) is 97.2 Å². The van der Waals surface area contributed by atoms with Crippen molar-refractivity contribution in [3.8, 4) is 34.1 Å². The van der Waals surface area contributed by atoms with Crippen LogP contribution < -0.4 is 4.74 Å². The van der Waals surface area contributed by atoms with Gasteiger partial charge in [0.1, 0.15) is 17.3 Å². The van der Waals surface area contributed by atoms with Gasteiger partial charge in [-0.2, -0.15) is 5.10 Å². The fourth-order valence-electron chi connectivity index (χ4n) is 9.68. The largest absolute Gasteiger partial charge is 0.457 e. The second kappa shape index (κ2) is 14.8. The van der Waals surface area contributed by atoms with E-state index in [1.807, 2.05) is 12.3 Å². The first-order chi connectivity index (χ1) is 26.8. The van der Waals surface area contributed by atoms with E-state index in [4.69, 9.17) is 14.8 Å². The summed E-state index contributed by atoms with van der Waals surface area (Å²) < 4.78 is 11.6. The van der Waals surface area contributed by atoms with Gasteiger partial charge in [-0.25, -0.2) is 9.67 Å². The minimum atomic E-state index is 0.323. The van der Waals surface area contributed by atoms with Gasteiger partial charge in [-0.1, -0.05) is 88.8 Å². The van der Waals surface area contributed by atoms with Crippen LogP contribution in [0.4, 0.5) is 0 Å². The van der Waals surface area contributed by atoms with E-state index in [0.29, 0.717) is 17.8 Å². The first-order valence-corrected chi connectivity index (χ1v) is 20.8. The predicted octanol–water partition coefficient (Wildman–Crippen LogP) is 14.0. The van der Waals surface area contributed by atoms with E-state index in [1.54, 1.807) is 0 Å². The van der Waals surface area contributed by atoms with Gasteiger partial charge < -0.3 is 4.74 Å². The molecule has 2 aliphatic rings. The minimum absolute atomic E-state index is 0.323. The second-order valence-electron chi connectivity index (χ2n) is 16.7. The minimum Gasteiger partial charge on any atom is -0.457 e. The number of ether oxygens (including phenoxy) is 1. The van der Waals surface area contributed by atoms with Gasteiger partial charge in [0.2, 0.25) is 0 Å². The molecule has 4 aromatic carbocycles. The average Bonchev–Trinajstić information content (AvgIpc) is 3.75. The van der Waals surface area contributed by atoms with Crippen LogP contribution in [0.5, 0.6) is 11.5 Å². The van der Waals surface area contributed by atoms with E-state index >= 15 is 0 Å². The number of pyridine rings is 1. The lowest BCUT2D eigenvalue weighted by atomic mass is 9.79. The average molecular weight is 727 g/mol. The fraction of sp³-hybridized carbons (Fsp3) is 0.360. The van der Waals surface area contributed by atoms with Gasteiger partial charge >= 0.3 is 0 Å². The summed E-state index contributed by atoms with van der Waals surface area (Å²) >= 11 is 0. The normalized spacial score (nSPS) is 15.7. The molecule has 0 amide bonds. The summed E-state index contributed by atoms with van der Waals surface area (Å²) in [7, 11) is 0. The number of benzene rings is 4. The molecule has 3 heterocycles. The third kappa shape index (κ3) is 6.66. The highest BCUT2D eigenvalue weighted by molar-refractivity contribution is 6.09. The molecule has 7 aromatic rings. The van der Waals surface area contributed by atoms with E-state index < -0.39 is 0 Å². The van der Waals surface area contributed by atoms with Crippen LogP contribution in [0.1, 0.15) is 129 Å². The molecule has 0 spiro atoms. The molecule has 0 aliphatic heterocycles. The number of hydrogen-bond acceptors (Lipinski definition) is 3. The Bertz CT molecular complexity index is 2490. The first-order valence-electron chi connectivity index (χ1n) is 20.8. The molecule has 0 saturated heterocycles. The molecule has 0 unspecified atom stereocenters. The van der Waals surface area contributed by atoms with Crippen molar-refractivity contribution in [2.75, 3.05) is 0 Å². The standard InChI is InChI=1S/C50H54N4O/c1-32(2)38-28-39(30-41(29-38)55-40-23-24-43-42-21-12-13-22-44(42)53(45(43)31-40)46-27-33(3)25-26-51-46)54-50(37-19-10-7-11-20-37)48(47-34(4)15-14-16-35(47)5)49(52-54)36-17-8-6-9-18-36/h12-16,21-32,36-37H,6-11,17-20H2,1-5H3. The van der Waals surface area contributed by atoms with Crippen LogP contribution >= 0.6 is 0 Å². The van der Waals surface area contributed by atoms with Gasteiger partial charge in [-0.05, 0) is 123 Å². The fourth-order valence-corrected chi connectivity index (χ4v) is 9.68. The Morgan fingerprint density at radius 2 is 1.35 bits per heavy atom. The Balaban J connectivity index is 1.21. The molecule has 0 atom stereocenters. The molecular weight excluding hydrogens is 673 g/mol. The van der Waals surface area contributed by atoms with Crippen molar-refractivity contribution in [1.29, 1.82) is 0 Å². The number of fused-ring (bicyclic) bond motifs is 3. The van der Waals surface area contributed by atoms with Crippen molar-refractivity contribution in [2.24, 2.45) is 0 Å². The zero-order valence-corrected chi connectivity index (χ0v) is 33.2. The number of rotatable bonds is 8. The Morgan fingerprint density at radius 1 is 0.636 bits per heavy atom. The quantitative estimate of drug-likeness (QED) is 0.157. The maximum atomic E-state index is 6.94. The molecule has 2 saturated carbocycles. The van der Waals surface area contributed by atoms with E-state index in [9.17, 15) is 0 Å². The molecule has 55 heavy (non-hydrogen) atoms. The van der Waals surface area contributed by atoms with Crippen LogP contribution in [0.2, 0.25) is 0 Å². The van der Waals surface area contributed by atoms with Crippen molar-refractivity contribution < 1.29 is 4.74 Å². The maximum Gasteiger partial charge on any atom is 0.137 e. The van der Waals surface area contributed by atoms with Gasteiger partial charge in [0.15, 0.2) is 0 Å². The summed E-state index contributed by atoms with van der Waals surface area (Å²) in [6.45, 7) is 11.3. The SMILES string of the molecule is Cc1ccnc(-n2c3ccccc3c3ccc(Oc4cc(C(C)C)cc(-n5nc(C6CCCCC6)c(-c6c(C)cccc6C)c5C5CCCCC5)c4)cc32)c1. The highest BCUT2D eigenvalue weighted by Crippen LogP contribution is 2.47. The van der Waals surface area contributed by atoms with Crippen LogP contribution in [-0.4, -0.2) is 19.3 Å². The maximum absolute atomic E-state index is 6.94. The Labute approximate surface area is 326 Å². The van der Waals surface area contributed by atoms with Crippen molar-refractivity contribution in [2.45, 2.75) is 117 Å². The van der Waals surface area contributed by atoms with Crippen molar-refractivity contribution >= 4 is 21.8 Å². The van der Waals surface area contributed by atoms with Gasteiger partial charge in [-0.3, -0.25) is 4.57 Å². The highest BCUT2D eigenvalue weighted by Gasteiger charge is 2.33. The lowest BCUT2D eigenvalue weighted by molar-refractivity contribution is 0.428. The Kier molecular flexibility index (Phi) is 9.58. The zero-order chi connectivity index (χ0) is 37.6. The molecule has 5 nitrogen and oxygen atoms in total. The third-order valence-corrected chi connectivity index (χ3v) is 12.5. The summed E-state index contributed by atoms with van der Waals surface area (Å²) in [5.74, 6) is 3.84. The molecule has 9 rings (SSSR count). The molecule has 0 N–H and O–H groups in total. The molecule has 3 aromatic heterocycles. The monoisotopic (exact) mass is 726 g/mol. The molecule has 0 radical (unpaired) electrons. The van der Waals surface area contributed by atoms with Crippen LogP contribution in [0, 0.1) is 20.8 Å². The van der Waals surface area contributed by atoms with Crippen LogP contribution in [0.25, 0.3) is 44.4 Å². The molecule has 2 fully saturated rings. The highest BCUT2D eigenvalue weighted by atomic mass is 16.5. The van der Waals surface area contributed by atoms with E-state index in [0.717, 1.165) is 34.0 Å². The van der Waals surface area contributed by atoms with Gasteiger partial charge in [0, 0.05) is 46.5 Å². The topological polar surface area (TPSA) is 44.9 Å². The second-order valence-corrected chi connectivity index (χ2v) is 16.7. The number of aromatic nitrogens is 4.